The summed E-state index contributed by atoms with van der Waals surface area (Å²) >= 11 is 0. The second-order valence-electron chi connectivity index (χ2n) is 9.32. The molecule has 0 saturated carbocycles. The maximum absolute atomic E-state index is 12.6. The van der Waals surface area contributed by atoms with E-state index in [0.29, 0.717) is 22.6 Å². The second kappa shape index (κ2) is 13.8. The smallest absolute Gasteiger partial charge is 0.488 e. The number of hydrogen-bond donors (Lipinski definition) is 4. The van der Waals surface area contributed by atoms with E-state index in [9.17, 15) is 24.4 Å². The first-order chi connectivity index (χ1) is 21.8. The number of rotatable bonds is 8. The highest BCUT2D eigenvalue weighted by Gasteiger charge is 2.15. The van der Waals surface area contributed by atoms with Gasteiger partial charge in [-0.15, -0.1) is 0 Å². The molecule has 0 fully saturated rings. The van der Waals surface area contributed by atoms with Crippen LogP contribution >= 0.6 is 0 Å². The van der Waals surface area contributed by atoms with Crippen molar-refractivity contribution >= 4 is 47.8 Å². The number of methoxy groups -OCH3 is 1. The molecule has 222 valence electrons. The van der Waals surface area contributed by atoms with E-state index in [1.165, 1.54) is 49.9 Å². The van der Waals surface area contributed by atoms with E-state index in [0.717, 1.165) is 11.6 Å². The first-order valence-electron chi connectivity index (χ1n) is 13.3. The van der Waals surface area contributed by atoms with Crippen molar-refractivity contribution in [2.24, 2.45) is 10.2 Å². The number of fused-ring (bicyclic) bond motifs is 1. The van der Waals surface area contributed by atoms with E-state index in [1.807, 2.05) is 30.3 Å². The van der Waals surface area contributed by atoms with Gasteiger partial charge in [-0.25, -0.2) is 10.9 Å². The highest BCUT2D eigenvalue weighted by molar-refractivity contribution is 6.58. The van der Waals surface area contributed by atoms with Crippen molar-refractivity contribution in [3.8, 4) is 17.6 Å². The summed E-state index contributed by atoms with van der Waals surface area (Å²) < 4.78 is 16.1. The molecule has 4 N–H and O–H groups in total. The van der Waals surface area contributed by atoms with E-state index < -0.39 is 24.4 Å². The van der Waals surface area contributed by atoms with E-state index in [1.54, 1.807) is 18.2 Å². The number of furan rings is 1. The Morgan fingerprint density at radius 1 is 0.822 bits per heavy atom. The summed E-state index contributed by atoms with van der Waals surface area (Å²) in [5, 5.41) is 27.5. The Kier molecular flexibility index (Phi) is 9.29. The molecule has 0 aliphatic heterocycles. The minimum atomic E-state index is -1.82. The third kappa shape index (κ3) is 7.79. The predicted octanol–water partition coefficient (Wildman–Crippen LogP) is 2.00. The molecule has 13 heteroatoms. The maximum atomic E-state index is 12.6. The number of carbonyl (C=O) groups is 2. The molecule has 0 spiro atoms. The average Bonchev–Trinajstić information content (AvgIpc) is 3.53. The third-order valence-electron chi connectivity index (χ3n) is 6.15. The molecule has 0 atom stereocenters. The van der Waals surface area contributed by atoms with Crippen LogP contribution in [0.15, 0.2) is 109 Å². The molecule has 0 aliphatic carbocycles. The van der Waals surface area contributed by atoms with Gasteiger partial charge in [0.05, 0.1) is 24.9 Å². The molecule has 2 amide bonds. The molecule has 2 heterocycles. The molecular weight excluding hydrogens is 579 g/mol. The van der Waals surface area contributed by atoms with Gasteiger partial charge >= 0.3 is 18.9 Å². The van der Waals surface area contributed by atoms with Crippen LogP contribution in [0.2, 0.25) is 0 Å². The summed E-state index contributed by atoms with van der Waals surface area (Å²) in [6, 6.07) is 22.4. The standard InChI is InChI=1S/C32H23BN4O8/c1-43-25-10-11-28-26(16-25)27(38)17-30(45-28)32(40)37-35-19-22-13-21(14-23(15-22)33(41)42)18-34-36-31(39)29-12-9-24(44-29)8-7-20-5-3-2-4-6-20/h2-6,9-19,41-42H,1H3,(H,36,39)(H,37,40)/b34-18+,35-19+. The Labute approximate surface area is 255 Å². The van der Waals surface area contributed by atoms with Crippen molar-refractivity contribution in [2.45, 2.75) is 0 Å². The largest absolute Gasteiger partial charge is 0.497 e. The number of ether oxygens (including phenoxy) is 1. The van der Waals surface area contributed by atoms with E-state index >= 15 is 0 Å². The van der Waals surface area contributed by atoms with Crippen LogP contribution in [0.25, 0.3) is 11.0 Å². The lowest BCUT2D eigenvalue weighted by Gasteiger charge is -2.05. The molecule has 2 aromatic heterocycles. The average molecular weight is 602 g/mol. The number of nitrogens with one attached hydrogen (secondary N) is 2. The minimum absolute atomic E-state index is 0.00502. The number of nitrogens with zero attached hydrogens (tertiary/aromatic N) is 2. The van der Waals surface area contributed by atoms with Crippen LogP contribution in [-0.2, 0) is 0 Å². The molecule has 5 aromatic rings. The van der Waals surface area contributed by atoms with Crippen molar-refractivity contribution in [1.29, 1.82) is 0 Å². The van der Waals surface area contributed by atoms with E-state index in [2.05, 4.69) is 32.9 Å². The van der Waals surface area contributed by atoms with Gasteiger partial charge in [0.15, 0.2) is 22.7 Å². The third-order valence-corrected chi connectivity index (χ3v) is 6.15. The monoisotopic (exact) mass is 602 g/mol. The number of carbonyl (C=O) groups excluding carboxylic acids is 2. The lowest BCUT2D eigenvalue weighted by atomic mass is 9.79. The molecule has 0 saturated heterocycles. The van der Waals surface area contributed by atoms with Crippen LogP contribution in [-0.4, -0.2) is 48.5 Å². The van der Waals surface area contributed by atoms with Crippen LogP contribution in [0.4, 0.5) is 0 Å². The molecule has 3 aromatic carbocycles. The lowest BCUT2D eigenvalue weighted by molar-refractivity contribution is 0.0920. The molecule has 0 radical (unpaired) electrons. The van der Waals surface area contributed by atoms with E-state index in [4.69, 9.17) is 13.6 Å². The highest BCUT2D eigenvalue weighted by atomic mass is 16.5. The van der Waals surface area contributed by atoms with Crippen molar-refractivity contribution in [1.82, 2.24) is 10.9 Å². The zero-order chi connectivity index (χ0) is 31.8. The fourth-order valence-electron chi connectivity index (χ4n) is 4.00. The zero-order valence-electron chi connectivity index (χ0n) is 23.6. The molecule has 0 aliphatic rings. The molecule has 0 bridgehead atoms. The van der Waals surface area contributed by atoms with Crippen LogP contribution in [0.1, 0.15) is 43.6 Å². The minimum Gasteiger partial charge on any atom is -0.497 e. The van der Waals surface area contributed by atoms with Gasteiger partial charge in [0.25, 0.3) is 0 Å². The zero-order valence-corrected chi connectivity index (χ0v) is 23.6. The Balaban J connectivity index is 1.24. The predicted molar refractivity (Wildman–Crippen MR) is 167 cm³/mol. The molecule has 45 heavy (non-hydrogen) atoms. The van der Waals surface area contributed by atoms with Crippen molar-refractivity contribution < 1.29 is 33.2 Å². The van der Waals surface area contributed by atoms with Crippen LogP contribution in [0.3, 0.4) is 0 Å². The normalized spacial score (nSPS) is 10.9. The van der Waals surface area contributed by atoms with Crippen molar-refractivity contribution in [2.75, 3.05) is 7.11 Å². The maximum Gasteiger partial charge on any atom is 0.488 e. The fraction of sp³-hybridized carbons (Fsp3) is 0.0312. The van der Waals surface area contributed by atoms with Gasteiger partial charge in [-0.05, 0) is 71.0 Å². The van der Waals surface area contributed by atoms with Gasteiger partial charge in [0.1, 0.15) is 11.3 Å². The van der Waals surface area contributed by atoms with Crippen molar-refractivity contribution in [3.63, 3.8) is 0 Å². The number of hydrazone groups is 2. The molecule has 12 nitrogen and oxygen atoms in total. The summed E-state index contributed by atoms with van der Waals surface area (Å²) in [6.45, 7) is 0. The summed E-state index contributed by atoms with van der Waals surface area (Å²) in [7, 11) is -0.353. The number of hydrogen-bond acceptors (Lipinski definition) is 10. The van der Waals surface area contributed by atoms with Gasteiger partial charge < -0.3 is 23.6 Å². The van der Waals surface area contributed by atoms with Crippen LogP contribution in [0.5, 0.6) is 5.75 Å². The first kappa shape index (κ1) is 30.2. The second-order valence-corrected chi connectivity index (χ2v) is 9.32. The fourth-order valence-corrected chi connectivity index (χ4v) is 4.00. The molecular formula is C32H23BN4O8. The van der Waals surface area contributed by atoms with Crippen LogP contribution in [0, 0.1) is 11.8 Å². The van der Waals surface area contributed by atoms with Crippen molar-refractivity contribution in [3.05, 3.63) is 129 Å². The SMILES string of the molecule is COc1ccc2oc(C(=O)N/N=C/c3cc(/C=N/NC(=O)c4ccc(C#Cc5ccccc5)o4)cc(B(O)O)c3)cc(=O)c2c1. The topological polar surface area (TPSA) is 176 Å². The van der Waals surface area contributed by atoms with Gasteiger partial charge in [-0.2, -0.15) is 10.2 Å². The molecule has 0 unspecified atom stereocenters. The number of amides is 2. The Bertz CT molecular complexity index is 2060. The van der Waals surface area contributed by atoms with Gasteiger partial charge in [-0.1, -0.05) is 36.3 Å². The summed E-state index contributed by atoms with van der Waals surface area (Å²) in [4.78, 5) is 37.5. The first-order valence-corrected chi connectivity index (χ1v) is 13.3. The summed E-state index contributed by atoms with van der Waals surface area (Å²) in [5.41, 5.74) is 5.98. The highest BCUT2D eigenvalue weighted by Crippen LogP contribution is 2.19. The van der Waals surface area contributed by atoms with Gasteiger partial charge in [0.2, 0.25) is 0 Å². The Hall–Kier alpha value is -6.23. The number of benzene rings is 3. The van der Waals surface area contributed by atoms with E-state index in [-0.39, 0.29) is 28.0 Å². The Morgan fingerprint density at radius 2 is 1.51 bits per heavy atom. The Morgan fingerprint density at radius 3 is 2.18 bits per heavy atom. The quantitative estimate of drug-likeness (QED) is 0.0903. The van der Waals surface area contributed by atoms with Gasteiger partial charge in [0, 0.05) is 11.6 Å². The lowest BCUT2D eigenvalue weighted by Crippen LogP contribution is -2.30. The van der Waals surface area contributed by atoms with Gasteiger partial charge in [-0.3, -0.25) is 14.4 Å². The molecule has 5 rings (SSSR count). The van der Waals surface area contributed by atoms with Crippen LogP contribution < -0.4 is 26.5 Å². The summed E-state index contributed by atoms with van der Waals surface area (Å²) in [6.07, 6.45) is 2.52. The summed E-state index contributed by atoms with van der Waals surface area (Å²) in [5.74, 6) is 4.88.